The highest BCUT2D eigenvalue weighted by atomic mass is 79.9. The standard InChI is InChI=1S/C15H23BrFN/c1-2-3-4-5-6-7-11-14(18)12-9-8-10-13(17)15(12)16/h8-10,14H,2-7,11,18H2,1H3. The molecule has 2 N–H and O–H groups in total. The molecule has 102 valence electrons. The van der Waals surface area contributed by atoms with E-state index in [4.69, 9.17) is 5.73 Å². The van der Waals surface area contributed by atoms with Gasteiger partial charge in [0.15, 0.2) is 0 Å². The lowest BCUT2D eigenvalue weighted by molar-refractivity contribution is 0.542. The summed E-state index contributed by atoms with van der Waals surface area (Å²) in [6.45, 7) is 2.22. The van der Waals surface area contributed by atoms with Crippen molar-refractivity contribution in [2.75, 3.05) is 0 Å². The van der Waals surface area contributed by atoms with Crippen LogP contribution in [0.25, 0.3) is 0 Å². The van der Waals surface area contributed by atoms with E-state index in [1.165, 1.54) is 38.2 Å². The van der Waals surface area contributed by atoms with Gasteiger partial charge in [-0.2, -0.15) is 0 Å². The van der Waals surface area contributed by atoms with Crippen molar-refractivity contribution in [1.29, 1.82) is 0 Å². The van der Waals surface area contributed by atoms with Crippen molar-refractivity contribution in [3.63, 3.8) is 0 Å². The second-order valence-corrected chi connectivity index (χ2v) is 5.60. The first-order valence-corrected chi connectivity index (χ1v) is 7.65. The summed E-state index contributed by atoms with van der Waals surface area (Å²) in [7, 11) is 0. The van der Waals surface area contributed by atoms with E-state index in [0.717, 1.165) is 18.4 Å². The van der Waals surface area contributed by atoms with Gasteiger partial charge in [-0.1, -0.05) is 57.6 Å². The average Bonchev–Trinajstić information content (AvgIpc) is 2.36. The number of unbranched alkanes of at least 4 members (excludes halogenated alkanes) is 5. The highest BCUT2D eigenvalue weighted by Gasteiger charge is 2.12. The minimum absolute atomic E-state index is 0.0683. The van der Waals surface area contributed by atoms with Crippen LogP contribution in [0.5, 0.6) is 0 Å². The number of hydrogen-bond acceptors (Lipinski definition) is 1. The number of halogens is 2. The Bertz CT molecular complexity index is 354. The molecule has 18 heavy (non-hydrogen) atoms. The Morgan fingerprint density at radius 2 is 1.83 bits per heavy atom. The fourth-order valence-electron chi connectivity index (χ4n) is 2.11. The smallest absolute Gasteiger partial charge is 0.137 e. The van der Waals surface area contributed by atoms with Crippen molar-refractivity contribution < 1.29 is 4.39 Å². The molecule has 0 bridgehead atoms. The second-order valence-electron chi connectivity index (χ2n) is 4.81. The molecule has 0 heterocycles. The Kier molecular flexibility index (Phi) is 7.52. The zero-order chi connectivity index (χ0) is 13.4. The van der Waals surface area contributed by atoms with E-state index in [9.17, 15) is 4.39 Å². The molecular weight excluding hydrogens is 293 g/mol. The largest absolute Gasteiger partial charge is 0.324 e. The van der Waals surface area contributed by atoms with E-state index in [0.29, 0.717) is 4.47 Å². The fraction of sp³-hybridized carbons (Fsp3) is 0.600. The summed E-state index contributed by atoms with van der Waals surface area (Å²) >= 11 is 3.27. The highest BCUT2D eigenvalue weighted by Crippen LogP contribution is 2.27. The molecule has 0 aliphatic carbocycles. The van der Waals surface area contributed by atoms with Crippen LogP contribution in [-0.2, 0) is 0 Å². The quantitative estimate of drug-likeness (QED) is 0.644. The Labute approximate surface area is 118 Å². The van der Waals surface area contributed by atoms with Gasteiger partial charge in [0.05, 0.1) is 4.47 Å². The molecule has 1 unspecified atom stereocenters. The van der Waals surface area contributed by atoms with E-state index in [2.05, 4.69) is 22.9 Å². The van der Waals surface area contributed by atoms with Gasteiger partial charge < -0.3 is 5.73 Å². The Hall–Kier alpha value is -0.410. The Morgan fingerprint density at radius 3 is 2.56 bits per heavy atom. The zero-order valence-electron chi connectivity index (χ0n) is 11.1. The van der Waals surface area contributed by atoms with E-state index >= 15 is 0 Å². The van der Waals surface area contributed by atoms with Gasteiger partial charge in [0.1, 0.15) is 5.82 Å². The minimum Gasteiger partial charge on any atom is -0.324 e. The molecule has 0 amide bonds. The summed E-state index contributed by atoms with van der Waals surface area (Å²) in [4.78, 5) is 0. The van der Waals surface area contributed by atoms with Crippen molar-refractivity contribution in [2.24, 2.45) is 5.73 Å². The number of rotatable bonds is 8. The van der Waals surface area contributed by atoms with E-state index in [-0.39, 0.29) is 11.9 Å². The van der Waals surface area contributed by atoms with Crippen LogP contribution in [0.1, 0.15) is 63.5 Å². The predicted octanol–water partition coefficient (Wildman–Crippen LogP) is 5.34. The van der Waals surface area contributed by atoms with Crippen molar-refractivity contribution in [2.45, 2.75) is 57.9 Å². The molecule has 1 aromatic carbocycles. The maximum absolute atomic E-state index is 13.4. The summed E-state index contributed by atoms with van der Waals surface area (Å²) in [5, 5.41) is 0. The Morgan fingerprint density at radius 1 is 1.17 bits per heavy atom. The van der Waals surface area contributed by atoms with Crippen LogP contribution in [0.2, 0.25) is 0 Å². The van der Waals surface area contributed by atoms with Crippen molar-refractivity contribution in [1.82, 2.24) is 0 Å². The SMILES string of the molecule is CCCCCCCCC(N)c1cccc(F)c1Br. The van der Waals surface area contributed by atoms with Crippen LogP contribution in [-0.4, -0.2) is 0 Å². The normalized spacial score (nSPS) is 12.7. The van der Waals surface area contributed by atoms with Crippen LogP contribution in [0.4, 0.5) is 4.39 Å². The first-order valence-electron chi connectivity index (χ1n) is 6.86. The lowest BCUT2D eigenvalue weighted by Crippen LogP contribution is -2.11. The first kappa shape index (κ1) is 15.6. The summed E-state index contributed by atoms with van der Waals surface area (Å²) in [6, 6.07) is 5.00. The van der Waals surface area contributed by atoms with Gasteiger partial charge in [0, 0.05) is 6.04 Å². The van der Waals surface area contributed by atoms with Gasteiger partial charge in [-0.3, -0.25) is 0 Å². The van der Waals surface area contributed by atoms with Gasteiger partial charge >= 0.3 is 0 Å². The van der Waals surface area contributed by atoms with Gasteiger partial charge in [-0.25, -0.2) is 4.39 Å². The maximum Gasteiger partial charge on any atom is 0.137 e. The van der Waals surface area contributed by atoms with E-state index in [1.54, 1.807) is 6.07 Å². The average molecular weight is 316 g/mol. The molecule has 1 rings (SSSR count). The second kappa shape index (κ2) is 8.65. The zero-order valence-corrected chi connectivity index (χ0v) is 12.7. The van der Waals surface area contributed by atoms with E-state index in [1.807, 2.05) is 6.07 Å². The monoisotopic (exact) mass is 315 g/mol. The molecule has 0 fully saturated rings. The van der Waals surface area contributed by atoms with Crippen LogP contribution in [0, 0.1) is 5.82 Å². The van der Waals surface area contributed by atoms with E-state index < -0.39 is 0 Å². The van der Waals surface area contributed by atoms with Crippen LogP contribution < -0.4 is 5.73 Å². The molecule has 0 aliphatic heterocycles. The molecule has 0 aromatic heterocycles. The summed E-state index contributed by atoms with van der Waals surface area (Å²) < 4.78 is 13.9. The topological polar surface area (TPSA) is 26.0 Å². The minimum atomic E-state index is -0.231. The third-order valence-electron chi connectivity index (χ3n) is 3.25. The van der Waals surface area contributed by atoms with Crippen LogP contribution in [0.3, 0.4) is 0 Å². The maximum atomic E-state index is 13.4. The van der Waals surface area contributed by atoms with Gasteiger partial charge in [0.25, 0.3) is 0 Å². The molecule has 0 saturated heterocycles. The molecule has 3 heteroatoms. The number of nitrogens with two attached hydrogens (primary N) is 1. The van der Waals surface area contributed by atoms with Gasteiger partial charge in [0.2, 0.25) is 0 Å². The summed E-state index contributed by atoms with van der Waals surface area (Å²) in [6.07, 6.45) is 8.46. The number of benzene rings is 1. The molecule has 0 saturated carbocycles. The Balaban J connectivity index is 2.32. The molecule has 0 radical (unpaired) electrons. The van der Waals surface area contributed by atoms with Crippen molar-refractivity contribution in [3.05, 3.63) is 34.1 Å². The van der Waals surface area contributed by atoms with Crippen LogP contribution in [0.15, 0.2) is 22.7 Å². The third kappa shape index (κ3) is 5.07. The molecule has 1 nitrogen and oxygen atoms in total. The molecular formula is C15H23BrFN. The number of hydrogen-bond donors (Lipinski definition) is 1. The van der Waals surface area contributed by atoms with Crippen molar-refractivity contribution in [3.8, 4) is 0 Å². The van der Waals surface area contributed by atoms with Crippen molar-refractivity contribution >= 4 is 15.9 Å². The summed E-state index contributed by atoms with van der Waals surface area (Å²) in [5.41, 5.74) is 6.99. The van der Waals surface area contributed by atoms with Crippen LogP contribution >= 0.6 is 15.9 Å². The fourth-order valence-corrected chi connectivity index (χ4v) is 2.67. The lowest BCUT2D eigenvalue weighted by atomic mass is 10.0. The molecule has 0 aliphatic rings. The summed E-state index contributed by atoms with van der Waals surface area (Å²) in [5.74, 6) is -0.231. The highest BCUT2D eigenvalue weighted by molar-refractivity contribution is 9.10. The molecule has 1 aromatic rings. The first-order chi connectivity index (χ1) is 8.66. The third-order valence-corrected chi connectivity index (χ3v) is 4.09. The predicted molar refractivity (Wildman–Crippen MR) is 79.0 cm³/mol. The lowest BCUT2D eigenvalue weighted by Gasteiger charge is -2.14. The molecule has 1 atom stereocenters. The molecule has 0 spiro atoms. The van der Waals surface area contributed by atoms with Gasteiger partial charge in [-0.15, -0.1) is 0 Å². The van der Waals surface area contributed by atoms with Gasteiger partial charge in [-0.05, 0) is 34.0 Å².